The molecule has 0 heterocycles. The molecule has 17 heavy (non-hydrogen) atoms. The van der Waals surface area contributed by atoms with Crippen molar-refractivity contribution >= 4 is 15.9 Å². The second kappa shape index (κ2) is 4.19. The first kappa shape index (κ1) is 14.3. The average molecular weight is 321 g/mol. The summed E-state index contributed by atoms with van der Waals surface area (Å²) < 4.78 is 75.1. The van der Waals surface area contributed by atoms with Gasteiger partial charge in [-0.05, 0) is 31.0 Å². The highest BCUT2D eigenvalue weighted by molar-refractivity contribution is 9.10. The molecule has 0 saturated carbocycles. The smallest absolute Gasteiger partial charge is 0.166 e. The fraction of sp³-hybridized carbons (Fsp3) is 0.400. The zero-order valence-electron chi connectivity index (χ0n) is 8.72. The molecule has 0 fully saturated rings. The molecule has 0 unspecified atom stereocenters. The molecular formula is C10H7BrF6. The van der Waals surface area contributed by atoms with Crippen LogP contribution < -0.4 is 0 Å². The third-order valence-corrected chi connectivity index (χ3v) is 3.56. The summed E-state index contributed by atoms with van der Waals surface area (Å²) in [6.45, 7) is 2.25. The largest absolute Gasteiger partial charge is 0.416 e. The molecule has 0 saturated heterocycles. The summed E-state index contributed by atoms with van der Waals surface area (Å²) >= 11 is 2.77. The standard InChI is InChI=1S/C10H7BrF6/c1-4-6(9(12,13)14)3-7(10(15,16)17)5(2)8(4)11/h3H,1-2H3. The Morgan fingerprint density at radius 3 is 1.35 bits per heavy atom. The second-order valence-electron chi connectivity index (χ2n) is 3.53. The molecule has 0 bridgehead atoms. The molecule has 0 aromatic heterocycles. The Balaban J connectivity index is 3.63. The number of alkyl halides is 6. The summed E-state index contributed by atoms with van der Waals surface area (Å²) in [6.07, 6.45) is -9.61. The van der Waals surface area contributed by atoms with Crippen molar-refractivity contribution in [1.29, 1.82) is 0 Å². The van der Waals surface area contributed by atoms with E-state index in [-0.39, 0.29) is 21.7 Å². The van der Waals surface area contributed by atoms with Gasteiger partial charge in [0, 0.05) is 4.47 Å². The lowest BCUT2D eigenvalue weighted by Gasteiger charge is -2.18. The number of rotatable bonds is 0. The SMILES string of the molecule is Cc1c(C(F)(F)F)cc(C(F)(F)F)c(C)c1Br. The molecule has 0 aliphatic rings. The lowest BCUT2D eigenvalue weighted by atomic mass is 9.99. The molecule has 1 aromatic rings. The van der Waals surface area contributed by atoms with Gasteiger partial charge in [-0.25, -0.2) is 0 Å². The van der Waals surface area contributed by atoms with E-state index in [0.29, 0.717) is 0 Å². The molecule has 7 heteroatoms. The van der Waals surface area contributed by atoms with Crippen LogP contribution in [-0.4, -0.2) is 0 Å². The molecule has 1 rings (SSSR count). The zero-order valence-corrected chi connectivity index (χ0v) is 10.3. The van der Waals surface area contributed by atoms with Crippen molar-refractivity contribution in [2.24, 2.45) is 0 Å². The number of benzene rings is 1. The summed E-state index contributed by atoms with van der Waals surface area (Å²) in [4.78, 5) is 0. The Morgan fingerprint density at radius 1 is 0.824 bits per heavy atom. The molecule has 0 radical (unpaired) electrons. The first-order valence-electron chi connectivity index (χ1n) is 4.40. The van der Waals surface area contributed by atoms with Gasteiger partial charge in [0.15, 0.2) is 0 Å². The third-order valence-electron chi connectivity index (χ3n) is 2.37. The van der Waals surface area contributed by atoms with Crippen LogP contribution >= 0.6 is 15.9 Å². The minimum Gasteiger partial charge on any atom is -0.166 e. The fourth-order valence-electron chi connectivity index (χ4n) is 1.47. The third kappa shape index (κ3) is 2.75. The molecule has 96 valence electrons. The van der Waals surface area contributed by atoms with Gasteiger partial charge in [0.1, 0.15) is 0 Å². The van der Waals surface area contributed by atoms with E-state index in [4.69, 9.17) is 0 Å². The number of hydrogen-bond acceptors (Lipinski definition) is 0. The molecule has 0 aliphatic heterocycles. The first-order valence-corrected chi connectivity index (χ1v) is 5.19. The maximum absolute atomic E-state index is 12.5. The topological polar surface area (TPSA) is 0 Å². The van der Waals surface area contributed by atoms with Crippen LogP contribution in [0.15, 0.2) is 10.5 Å². The highest BCUT2D eigenvalue weighted by atomic mass is 79.9. The van der Waals surface area contributed by atoms with E-state index in [1.807, 2.05) is 0 Å². The molecule has 0 N–H and O–H groups in total. The van der Waals surface area contributed by atoms with Crippen molar-refractivity contribution in [3.63, 3.8) is 0 Å². The Hall–Kier alpha value is -0.720. The van der Waals surface area contributed by atoms with Crippen molar-refractivity contribution in [3.8, 4) is 0 Å². The van der Waals surface area contributed by atoms with Gasteiger partial charge < -0.3 is 0 Å². The molecule has 0 nitrogen and oxygen atoms in total. The minimum absolute atomic E-state index is 0.148. The van der Waals surface area contributed by atoms with Crippen LogP contribution in [0.4, 0.5) is 26.3 Å². The van der Waals surface area contributed by atoms with Gasteiger partial charge >= 0.3 is 12.4 Å². The number of hydrogen-bond donors (Lipinski definition) is 0. The van der Waals surface area contributed by atoms with Crippen molar-refractivity contribution in [3.05, 3.63) is 32.8 Å². The Morgan fingerprint density at radius 2 is 1.12 bits per heavy atom. The van der Waals surface area contributed by atoms with E-state index >= 15 is 0 Å². The van der Waals surface area contributed by atoms with Crippen LogP contribution in [0.3, 0.4) is 0 Å². The molecule has 0 aliphatic carbocycles. The second-order valence-corrected chi connectivity index (χ2v) is 4.32. The van der Waals surface area contributed by atoms with Gasteiger partial charge in [-0.2, -0.15) is 26.3 Å². The van der Waals surface area contributed by atoms with Crippen LogP contribution in [0.2, 0.25) is 0 Å². The van der Waals surface area contributed by atoms with Gasteiger partial charge in [-0.15, -0.1) is 0 Å². The maximum atomic E-state index is 12.5. The summed E-state index contributed by atoms with van der Waals surface area (Å²) in [5.41, 5.74) is -3.05. The van der Waals surface area contributed by atoms with E-state index in [2.05, 4.69) is 15.9 Å². The van der Waals surface area contributed by atoms with E-state index in [0.717, 1.165) is 13.8 Å². The van der Waals surface area contributed by atoms with Crippen LogP contribution in [-0.2, 0) is 12.4 Å². The van der Waals surface area contributed by atoms with Crippen molar-refractivity contribution in [1.82, 2.24) is 0 Å². The highest BCUT2D eigenvalue weighted by Gasteiger charge is 2.39. The average Bonchev–Trinajstić information content (AvgIpc) is 2.10. The summed E-state index contributed by atoms with van der Waals surface area (Å²) in [5, 5.41) is 0. The summed E-state index contributed by atoms with van der Waals surface area (Å²) in [7, 11) is 0. The summed E-state index contributed by atoms with van der Waals surface area (Å²) in [5.74, 6) is 0. The Kier molecular flexibility index (Phi) is 3.53. The number of halogens is 7. The maximum Gasteiger partial charge on any atom is 0.416 e. The molecule has 0 spiro atoms. The van der Waals surface area contributed by atoms with Crippen LogP contribution in [0.25, 0.3) is 0 Å². The van der Waals surface area contributed by atoms with Crippen LogP contribution in [0.5, 0.6) is 0 Å². The van der Waals surface area contributed by atoms with E-state index in [9.17, 15) is 26.3 Å². The quantitative estimate of drug-likeness (QED) is 0.583. The van der Waals surface area contributed by atoms with Crippen molar-refractivity contribution in [2.75, 3.05) is 0 Å². The lowest BCUT2D eigenvalue weighted by Crippen LogP contribution is -2.14. The van der Waals surface area contributed by atoms with Crippen molar-refractivity contribution in [2.45, 2.75) is 26.2 Å². The van der Waals surface area contributed by atoms with Gasteiger partial charge in [0.2, 0.25) is 0 Å². The Labute approximate surface area is 102 Å². The monoisotopic (exact) mass is 320 g/mol. The highest BCUT2D eigenvalue weighted by Crippen LogP contribution is 2.42. The van der Waals surface area contributed by atoms with Crippen molar-refractivity contribution < 1.29 is 26.3 Å². The predicted molar refractivity (Wildman–Crippen MR) is 53.6 cm³/mol. The molecule has 0 atom stereocenters. The predicted octanol–water partition coefficient (Wildman–Crippen LogP) is 5.10. The van der Waals surface area contributed by atoms with Crippen LogP contribution in [0, 0.1) is 13.8 Å². The van der Waals surface area contributed by atoms with Gasteiger partial charge in [0.05, 0.1) is 11.1 Å². The van der Waals surface area contributed by atoms with Gasteiger partial charge in [0.25, 0.3) is 0 Å². The molecular weight excluding hydrogens is 314 g/mol. The normalized spacial score (nSPS) is 13.0. The fourth-order valence-corrected chi connectivity index (χ4v) is 1.89. The minimum atomic E-state index is -4.81. The first-order chi connectivity index (χ1) is 7.46. The van der Waals surface area contributed by atoms with Crippen LogP contribution in [0.1, 0.15) is 22.3 Å². The van der Waals surface area contributed by atoms with Gasteiger partial charge in [-0.1, -0.05) is 15.9 Å². The Bertz CT molecular complexity index is 405. The zero-order chi connectivity index (χ0) is 13.6. The molecule has 1 aromatic carbocycles. The van der Waals surface area contributed by atoms with E-state index in [1.165, 1.54) is 0 Å². The molecule has 0 amide bonds. The van der Waals surface area contributed by atoms with Gasteiger partial charge in [-0.3, -0.25) is 0 Å². The van der Waals surface area contributed by atoms with E-state index in [1.54, 1.807) is 0 Å². The van der Waals surface area contributed by atoms with E-state index < -0.39 is 23.5 Å². The lowest BCUT2D eigenvalue weighted by molar-refractivity contribution is -0.143. The summed E-state index contributed by atoms with van der Waals surface area (Å²) in [6, 6.07) is 0.148.